The zero-order chi connectivity index (χ0) is 17.3. The summed E-state index contributed by atoms with van der Waals surface area (Å²) in [7, 11) is 0. The van der Waals surface area contributed by atoms with E-state index in [9.17, 15) is 4.79 Å². The summed E-state index contributed by atoms with van der Waals surface area (Å²) in [5, 5.41) is 0. The second-order valence-corrected chi connectivity index (χ2v) is 8.32. The smallest absolute Gasteiger partial charge is 0.272 e. The molecule has 2 aliphatic heterocycles. The van der Waals surface area contributed by atoms with Crippen LogP contribution in [0.5, 0.6) is 0 Å². The number of carbonyl (C=O) groups excluding carboxylic acids is 1. The third-order valence-electron chi connectivity index (χ3n) is 4.75. The monoisotopic (exact) mass is 355 g/mol. The molecule has 0 bridgehead atoms. The third-order valence-corrected chi connectivity index (χ3v) is 6.32. The first-order chi connectivity index (χ1) is 12.1. The van der Waals surface area contributed by atoms with Crippen LogP contribution in [-0.4, -0.2) is 50.5 Å². The van der Waals surface area contributed by atoms with E-state index in [2.05, 4.69) is 9.97 Å². The van der Waals surface area contributed by atoms with E-state index in [1.54, 1.807) is 12.4 Å². The van der Waals surface area contributed by atoms with Crippen LogP contribution in [0.15, 0.2) is 42.7 Å². The molecule has 6 heteroatoms. The lowest BCUT2D eigenvalue weighted by atomic mass is 9.92. The van der Waals surface area contributed by atoms with Gasteiger partial charge < -0.3 is 9.64 Å². The second-order valence-electron chi connectivity index (χ2n) is 6.83. The average Bonchev–Trinajstić information content (AvgIpc) is 3.04. The van der Waals surface area contributed by atoms with Crippen LogP contribution in [0, 0.1) is 6.92 Å². The lowest BCUT2D eigenvalue weighted by Crippen LogP contribution is -2.60. The van der Waals surface area contributed by atoms with E-state index in [0.717, 1.165) is 36.5 Å². The van der Waals surface area contributed by atoms with Crippen LogP contribution in [0.3, 0.4) is 0 Å². The van der Waals surface area contributed by atoms with Gasteiger partial charge >= 0.3 is 0 Å². The molecule has 1 spiro atoms. The van der Waals surface area contributed by atoms with Crippen molar-refractivity contribution in [3.05, 3.63) is 59.7 Å². The first kappa shape index (κ1) is 16.5. The van der Waals surface area contributed by atoms with Crippen LogP contribution in [0.4, 0.5) is 0 Å². The summed E-state index contributed by atoms with van der Waals surface area (Å²) in [6.45, 7) is 4.11. The molecule has 1 amide bonds. The number of hydrogen-bond acceptors (Lipinski definition) is 5. The van der Waals surface area contributed by atoms with Gasteiger partial charge in [-0.3, -0.25) is 14.8 Å². The van der Waals surface area contributed by atoms with Gasteiger partial charge in [-0.05, 0) is 43.2 Å². The molecule has 2 saturated heterocycles. The van der Waals surface area contributed by atoms with Gasteiger partial charge in [-0.1, -0.05) is 6.07 Å². The van der Waals surface area contributed by atoms with Crippen molar-refractivity contribution in [3.63, 3.8) is 0 Å². The fraction of sp³-hybridized carbons (Fsp3) is 0.421. The maximum absolute atomic E-state index is 12.5. The Bertz CT molecular complexity index is 762. The number of likely N-dealkylation sites (tertiary alicyclic amines) is 1. The number of aryl methyl sites for hydroxylation is 1. The number of pyridine rings is 2. The van der Waals surface area contributed by atoms with Crippen molar-refractivity contribution >= 4 is 17.7 Å². The number of thioether (sulfide) groups is 1. The molecule has 0 radical (unpaired) electrons. The molecule has 2 aromatic rings. The number of carbonyl (C=O) groups is 1. The molecule has 1 atom stereocenters. The summed E-state index contributed by atoms with van der Waals surface area (Å²) in [5.41, 5.74) is 2.57. The molecular formula is C19H21N3O2S. The second kappa shape index (κ2) is 6.77. The van der Waals surface area contributed by atoms with Gasteiger partial charge in [-0.15, -0.1) is 11.8 Å². The fourth-order valence-corrected chi connectivity index (χ4v) is 4.98. The maximum Gasteiger partial charge on any atom is 0.272 e. The molecule has 1 unspecified atom stereocenters. The van der Waals surface area contributed by atoms with Gasteiger partial charge in [-0.25, -0.2) is 0 Å². The van der Waals surface area contributed by atoms with Gasteiger partial charge in [0.05, 0.1) is 23.2 Å². The predicted molar refractivity (Wildman–Crippen MR) is 97.5 cm³/mol. The van der Waals surface area contributed by atoms with Crippen molar-refractivity contribution in [1.82, 2.24) is 14.9 Å². The highest BCUT2D eigenvalue weighted by Gasteiger charge is 2.51. The molecule has 2 fully saturated rings. The van der Waals surface area contributed by atoms with Gasteiger partial charge in [-0.2, -0.15) is 0 Å². The molecule has 130 valence electrons. The van der Waals surface area contributed by atoms with Gasteiger partial charge in [0.25, 0.3) is 5.91 Å². The van der Waals surface area contributed by atoms with Crippen molar-refractivity contribution in [2.45, 2.75) is 30.8 Å². The van der Waals surface area contributed by atoms with E-state index in [1.807, 2.05) is 53.9 Å². The first-order valence-corrected chi connectivity index (χ1v) is 9.50. The minimum absolute atomic E-state index is 0.0350. The normalized spacial score (nSPS) is 21.3. The van der Waals surface area contributed by atoms with E-state index in [-0.39, 0.29) is 16.8 Å². The Morgan fingerprint density at radius 2 is 2.20 bits per heavy atom. The van der Waals surface area contributed by atoms with E-state index in [0.29, 0.717) is 12.3 Å². The lowest BCUT2D eigenvalue weighted by molar-refractivity contribution is 0.0243. The number of nitrogens with zero attached hydrogens (tertiary/aromatic N) is 3. The van der Waals surface area contributed by atoms with Crippen molar-refractivity contribution < 1.29 is 9.53 Å². The highest BCUT2D eigenvalue weighted by molar-refractivity contribution is 8.01. The molecule has 25 heavy (non-hydrogen) atoms. The minimum Gasteiger partial charge on any atom is -0.371 e. The van der Waals surface area contributed by atoms with Crippen LogP contribution in [0.25, 0.3) is 0 Å². The average molecular weight is 355 g/mol. The number of aromatic nitrogens is 2. The zero-order valence-electron chi connectivity index (χ0n) is 14.2. The summed E-state index contributed by atoms with van der Waals surface area (Å²) in [5.74, 6) is 1.02. The molecular weight excluding hydrogens is 334 g/mol. The van der Waals surface area contributed by atoms with E-state index in [1.165, 1.54) is 0 Å². The Hall–Kier alpha value is -1.92. The summed E-state index contributed by atoms with van der Waals surface area (Å²) in [6, 6.07) is 9.63. The van der Waals surface area contributed by atoms with Crippen LogP contribution in [-0.2, 0) is 11.3 Å². The van der Waals surface area contributed by atoms with Gasteiger partial charge in [0.1, 0.15) is 5.69 Å². The molecule has 5 nitrogen and oxygen atoms in total. The van der Waals surface area contributed by atoms with Crippen molar-refractivity contribution in [3.8, 4) is 0 Å². The van der Waals surface area contributed by atoms with E-state index >= 15 is 0 Å². The molecule has 0 saturated carbocycles. The quantitative estimate of drug-likeness (QED) is 0.844. The Balaban J connectivity index is 1.29. The maximum atomic E-state index is 12.5. The largest absolute Gasteiger partial charge is 0.371 e. The molecule has 4 heterocycles. The standard InChI is InChI=1S/C19H21N3O2S/c1-14-5-7-21-17(8-14)18(23)22-12-19(13-22)9-16(11-25-19)24-10-15-4-2-3-6-20-15/h2-8,16H,9-13H2,1H3. The van der Waals surface area contributed by atoms with Crippen LogP contribution in [0.2, 0.25) is 0 Å². The SMILES string of the molecule is Cc1ccnc(C(=O)N2CC3(CC(OCc4ccccn4)CS3)C2)c1. The molecule has 2 aromatic heterocycles. The third kappa shape index (κ3) is 3.55. The Morgan fingerprint density at radius 3 is 2.96 bits per heavy atom. The van der Waals surface area contributed by atoms with Crippen LogP contribution >= 0.6 is 11.8 Å². The van der Waals surface area contributed by atoms with E-state index < -0.39 is 0 Å². The molecule has 0 aliphatic carbocycles. The molecule has 0 N–H and O–H groups in total. The first-order valence-electron chi connectivity index (χ1n) is 8.51. The highest BCUT2D eigenvalue weighted by atomic mass is 32.2. The predicted octanol–water partition coefficient (Wildman–Crippen LogP) is 2.70. The lowest BCUT2D eigenvalue weighted by Gasteiger charge is -2.47. The van der Waals surface area contributed by atoms with Crippen molar-refractivity contribution in [1.29, 1.82) is 0 Å². The molecule has 2 aliphatic rings. The van der Waals surface area contributed by atoms with Crippen LogP contribution < -0.4 is 0 Å². The Morgan fingerprint density at radius 1 is 1.32 bits per heavy atom. The summed E-state index contributed by atoms with van der Waals surface area (Å²) >= 11 is 1.93. The summed E-state index contributed by atoms with van der Waals surface area (Å²) < 4.78 is 6.18. The number of hydrogen-bond donors (Lipinski definition) is 0. The highest BCUT2D eigenvalue weighted by Crippen LogP contribution is 2.46. The van der Waals surface area contributed by atoms with Gasteiger partial charge in [0, 0.05) is 31.2 Å². The Kier molecular flexibility index (Phi) is 4.48. The van der Waals surface area contributed by atoms with E-state index in [4.69, 9.17) is 4.74 Å². The van der Waals surface area contributed by atoms with Crippen LogP contribution in [0.1, 0.15) is 28.2 Å². The molecule has 0 aromatic carbocycles. The topological polar surface area (TPSA) is 55.3 Å². The number of ether oxygens (including phenoxy) is 1. The molecule has 4 rings (SSSR count). The van der Waals surface area contributed by atoms with Crippen molar-refractivity contribution in [2.75, 3.05) is 18.8 Å². The number of amides is 1. The van der Waals surface area contributed by atoms with Crippen molar-refractivity contribution in [2.24, 2.45) is 0 Å². The fourth-order valence-electron chi connectivity index (χ4n) is 3.42. The van der Waals surface area contributed by atoms with Gasteiger partial charge in [0.15, 0.2) is 0 Å². The van der Waals surface area contributed by atoms with Gasteiger partial charge in [0.2, 0.25) is 0 Å². The zero-order valence-corrected chi connectivity index (χ0v) is 15.0. The minimum atomic E-state index is 0.0350. The summed E-state index contributed by atoms with van der Waals surface area (Å²) in [4.78, 5) is 22.9. The Labute approximate surface area is 151 Å². The number of rotatable bonds is 4. The summed E-state index contributed by atoms with van der Waals surface area (Å²) in [6.07, 6.45) is 4.72.